The topological polar surface area (TPSA) is 86.3 Å². The number of anilines is 1. The van der Waals surface area contributed by atoms with Crippen molar-refractivity contribution >= 4 is 27.5 Å². The molecule has 0 spiro atoms. The van der Waals surface area contributed by atoms with Gasteiger partial charge in [0.1, 0.15) is 17.6 Å². The monoisotopic (exact) mass is 535 g/mol. The highest BCUT2D eigenvalue weighted by Crippen LogP contribution is 2.37. The van der Waals surface area contributed by atoms with Crippen LogP contribution < -0.4 is 5.73 Å². The summed E-state index contributed by atoms with van der Waals surface area (Å²) in [6, 6.07) is 18.2. The first-order valence-corrected chi connectivity index (χ1v) is 12.0. The number of amides is 1. The van der Waals surface area contributed by atoms with Crippen LogP contribution >= 0.6 is 15.9 Å². The molecule has 1 fully saturated rings. The Hall–Kier alpha value is -3.56. The van der Waals surface area contributed by atoms with E-state index < -0.39 is 18.1 Å². The number of hydrogen-bond donors (Lipinski definition) is 1. The number of carbonyl (C=O) groups excluding carboxylic acids is 1. The van der Waals surface area contributed by atoms with Gasteiger partial charge in [-0.2, -0.15) is 5.10 Å². The van der Waals surface area contributed by atoms with Crippen LogP contribution in [-0.2, 0) is 16.0 Å². The van der Waals surface area contributed by atoms with Crippen molar-refractivity contribution in [2.45, 2.75) is 25.7 Å². The van der Waals surface area contributed by atoms with Crippen molar-refractivity contribution in [1.82, 2.24) is 19.7 Å². The Bertz CT molecular complexity index is 1340. The first-order chi connectivity index (χ1) is 16.9. The third-order valence-electron chi connectivity index (χ3n) is 5.94. The van der Waals surface area contributed by atoms with Crippen molar-refractivity contribution in [1.29, 1.82) is 0 Å². The molecule has 2 aromatic heterocycles. The van der Waals surface area contributed by atoms with E-state index in [-0.39, 0.29) is 5.91 Å². The second-order valence-corrected chi connectivity index (χ2v) is 9.29. The summed E-state index contributed by atoms with van der Waals surface area (Å²) in [7, 11) is 0. The van der Waals surface area contributed by atoms with E-state index in [0.29, 0.717) is 35.6 Å². The van der Waals surface area contributed by atoms with Crippen LogP contribution in [-0.4, -0.2) is 38.2 Å². The van der Waals surface area contributed by atoms with E-state index in [9.17, 15) is 9.18 Å². The van der Waals surface area contributed by atoms with Gasteiger partial charge in [-0.1, -0.05) is 28.1 Å². The highest BCUT2D eigenvalue weighted by molar-refractivity contribution is 9.10. The number of aromatic nitrogens is 3. The van der Waals surface area contributed by atoms with Crippen LogP contribution in [0.4, 0.5) is 10.1 Å². The van der Waals surface area contributed by atoms with Crippen molar-refractivity contribution in [2.75, 3.05) is 12.3 Å². The van der Waals surface area contributed by atoms with Crippen molar-refractivity contribution in [3.05, 3.63) is 94.5 Å². The van der Waals surface area contributed by atoms with Crippen LogP contribution in [0.25, 0.3) is 17.1 Å². The van der Waals surface area contributed by atoms with Crippen molar-refractivity contribution < 1.29 is 13.9 Å². The van der Waals surface area contributed by atoms with E-state index in [2.05, 4.69) is 20.9 Å². The summed E-state index contributed by atoms with van der Waals surface area (Å²) >= 11 is 3.45. The van der Waals surface area contributed by atoms with Crippen LogP contribution in [0.5, 0.6) is 0 Å². The molecule has 0 bridgehead atoms. The van der Waals surface area contributed by atoms with Gasteiger partial charge in [0.15, 0.2) is 6.23 Å². The van der Waals surface area contributed by atoms with Gasteiger partial charge in [-0.15, -0.1) is 0 Å². The molecule has 1 saturated heterocycles. The van der Waals surface area contributed by atoms with Gasteiger partial charge in [0, 0.05) is 28.5 Å². The Labute approximate surface area is 210 Å². The Morgan fingerprint density at radius 3 is 2.51 bits per heavy atom. The summed E-state index contributed by atoms with van der Waals surface area (Å²) in [5.74, 6) is -0.534. The summed E-state index contributed by atoms with van der Waals surface area (Å²) < 4.78 is 22.4. The Kier molecular flexibility index (Phi) is 6.36. The molecule has 178 valence electrons. The molecular formula is C26H23BrFN5O2. The molecule has 3 heterocycles. The van der Waals surface area contributed by atoms with Gasteiger partial charge in [0.25, 0.3) is 5.91 Å². The normalized spacial score (nSPS) is 17.8. The molecule has 0 unspecified atom stereocenters. The summed E-state index contributed by atoms with van der Waals surface area (Å²) in [4.78, 5) is 19.0. The van der Waals surface area contributed by atoms with Gasteiger partial charge in [-0.3, -0.25) is 9.78 Å². The fourth-order valence-corrected chi connectivity index (χ4v) is 4.35. The molecule has 0 saturated carbocycles. The minimum atomic E-state index is -0.655. The van der Waals surface area contributed by atoms with Crippen LogP contribution in [0.15, 0.2) is 77.5 Å². The number of rotatable bonds is 6. The molecular weight excluding hydrogens is 513 g/mol. The first-order valence-electron chi connectivity index (χ1n) is 11.2. The van der Waals surface area contributed by atoms with Crippen molar-refractivity contribution in [2.24, 2.45) is 0 Å². The number of ether oxygens (including phenoxy) is 1. The zero-order chi connectivity index (χ0) is 24.5. The molecule has 0 radical (unpaired) electrons. The Balaban J connectivity index is 1.53. The maximum Gasteiger partial charge on any atom is 0.253 e. The van der Waals surface area contributed by atoms with E-state index in [0.717, 1.165) is 21.9 Å². The molecule has 1 aliphatic heterocycles. The lowest BCUT2D eigenvalue weighted by molar-refractivity contribution is -0.130. The zero-order valence-electron chi connectivity index (χ0n) is 18.9. The molecule has 1 aliphatic rings. The lowest BCUT2D eigenvalue weighted by Crippen LogP contribution is -2.32. The summed E-state index contributed by atoms with van der Waals surface area (Å²) in [5.41, 5.74) is 10.1. The number of pyridine rings is 1. The van der Waals surface area contributed by atoms with Crippen molar-refractivity contribution in [3.8, 4) is 17.1 Å². The number of nitrogens with two attached hydrogens (primary N) is 1. The van der Waals surface area contributed by atoms with Gasteiger partial charge < -0.3 is 15.4 Å². The number of halogens is 2. The average Bonchev–Trinajstić information content (AvgIpc) is 3.41. The summed E-state index contributed by atoms with van der Waals surface area (Å²) in [6.07, 6.45) is 2.38. The predicted octanol–water partition coefficient (Wildman–Crippen LogP) is 4.91. The lowest BCUT2D eigenvalue weighted by Gasteiger charge is -2.23. The highest BCUT2D eigenvalue weighted by atomic mass is 79.9. The molecule has 2 atom stereocenters. The molecule has 0 aliphatic carbocycles. The van der Waals surface area contributed by atoms with Gasteiger partial charge in [-0.05, 0) is 67.4 Å². The van der Waals surface area contributed by atoms with Gasteiger partial charge in [-0.25, -0.2) is 9.07 Å². The molecule has 4 aromatic rings. The van der Waals surface area contributed by atoms with E-state index in [1.54, 1.807) is 22.6 Å². The second-order valence-electron chi connectivity index (χ2n) is 8.37. The van der Waals surface area contributed by atoms with Crippen molar-refractivity contribution in [3.63, 3.8) is 0 Å². The number of nitrogens with zero attached hydrogens (tertiary/aromatic N) is 4. The van der Waals surface area contributed by atoms with Crippen LogP contribution in [0, 0.1) is 5.82 Å². The number of nitrogen functional groups attached to an aromatic ring is 1. The van der Waals surface area contributed by atoms with E-state index in [1.165, 1.54) is 6.07 Å². The number of benzene rings is 2. The minimum Gasteiger partial charge on any atom is -0.399 e. The summed E-state index contributed by atoms with van der Waals surface area (Å²) in [6.45, 7) is 2.20. The largest absolute Gasteiger partial charge is 0.399 e. The Morgan fingerprint density at radius 1 is 1.09 bits per heavy atom. The quantitative estimate of drug-likeness (QED) is 0.354. The minimum absolute atomic E-state index is 0.0974. The zero-order valence-corrected chi connectivity index (χ0v) is 20.5. The fourth-order valence-electron chi connectivity index (χ4n) is 4.09. The van der Waals surface area contributed by atoms with E-state index in [4.69, 9.17) is 15.6 Å². The van der Waals surface area contributed by atoms with E-state index in [1.807, 2.05) is 54.7 Å². The molecule has 2 aromatic carbocycles. The maximum absolute atomic E-state index is 13.6. The predicted molar refractivity (Wildman–Crippen MR) is 134 cm³/mol. The molecule has 9 heteroatoms. The van der Waals surface area contributed by atoms with Crippen LogP contribution in [0.2, 0.25) is 0 Å². The van der Waals surface area contributed by atoms with Crippen LogP contribution in [0.3, 0.4) is 0 Å². The average molecular weight is 536 g/mol. The number of carbonyl (C=O) groups is 1. The maximum atomic E-state index is 13.6. The highest BCUT2D eigenvalue weighted by Gasteiger charge is 2.40. The molecule has 5 rings (SSSR count). The molecule has 1 amide bonds. The van der Waals surface area contributed by atoms with E-state index >= 15 is 0 Å². The molecule has 7 nitrogen and oxygen atoms in total. The Morgan fingerprint density at radius 2 is 1.83 bits per heavy atom. The number of hydrogen-bond acceptors (Lipinski definition) is 5. The van der Waals surface area contributed by atoms with Gasteiger partial charge in [0.05, 0.1) is 17.6 Å². The molecule has 35 heavy (non-hydrogen) atoms. The van der Waals surface area contributed by atoms with Gasteiger partial charge in [0.2, 0.25) is 0 Å². The second kappa shape index (κ2) is 9.59. The lowest BCUT2D eigenvalue weighted by atomic mass is 10.1. The van der Waals surface area contributed by atoms with Gasteiger partial charge >= 0.3 is 0 Å². The smallest absolute Gasteiger partial charge is 0.253 e. The third kappa shape index (κ3) is 4.82. The summed E-state index contributed by atoms with van der Waals surface area (Å²) in [5, 5.41) is 4.75. The third-order valence-corrected chi connectivity index (χ3v) is 6.47. The standard InChI is InChI=1S/C26H23BrFN5O2/c1-16-25(34)32(13-12-17-2-7-20(29)8-3-17)26(35-16)22-15-33(21-9-4-18(27)5-10-21)31-24(22)23-11-6-19(28)14-30-23/h2-11,14-16,26H,12-13,29H2,1H3/t16-,26+/m0/s1. The fraction of sp³-hybridized carbons (Fsp3) is 0.192. The molecule has 2 N–H and O–H groups in total. The first kappa shape index (κ1) is 23.2. The SMILES string of the molecule is C[C@@H]1O[C@H](c2cn(-c3ccc(Br)cc3)nc2-c2ccc(F)cn2)N(CCc2ccc(N)cc2)C1=O. The van der Waals surface area contributed by atoms with Crippen LogP contribution in [0.1, 0.15) is 24.3 Å².